The van der Waals surface area contributed by atoms with Crippen molar-refractivity contribution in [2.45, 2.75) is 44.6 Å². The van der Waals surface area contributed by atoms with Crippen molar-refractivity contribution in [3.05, 3.63) is 65.7 Å². The number of likely N-dealkylation sites (tertiary alicyclic amines) is 1. The summed E-state index contributed by atoms with van der Waals surface area (Å²) in [5.41, 5.74) is 1.87. The van der Waals surface area contributed by atoms with E-state index < -0.39 is 30.1 Å². The number of ether oxygens (including phenoxy) is 2. The second-order valence-corrected chi connectivity index (χ2v) is 7.78. The molecule has 170 valence electrons. The van der Waals surface area contributed by atoms with Crippen molar-refractivity contribution in [2.75, 3.05) is 13.7 Å². The Morgan fingerprint density at radius 2 is 1.78 bits per heavy atom. The Morgan fingerprint density at radius 3 is 2.41 bits per heavy atom. The van der Waals surface area contributed by atoms with E-state index in [-0.39, 0.29) is 25.3 Å². The maximum Gasteiger partial charge on any atom is 0.328 e. The minimum absolute atomic E-state index is 0.0980. The third-order valence-corrected chi connectivity index (χ3v) is 5.40. The zero-order chi connectivity index (χ0) is 23.1. The molecule has 0 aliphatic carbocycles. The van der Waals surface area contributed by atoms with E-state index in [1.165, 1.54) is 18.9 Å². The lowest BCUT2D eigenvalue weighted by atomic mass is 10.0. The molecule has 2 amide bonds. The van der Waals surface area contributed by atoms with Crippen molar-refractivity contribution in [1.82, 2.24) is 10.2 Å². The molecule has 1 saturated heterocycles. The Kier molecular flexibility index (Phi) is 7.83. The van der Waals surface area contributed by atoms with E-state index >= 15 is 0 Å². The van der Waals surface area contributed by atoms with Gasteiger partial charge in [0.25, 0.3) is 0 Å². The number of carbonyl (C=O) groups is 3. The van der Waals surface area contributed by atoms with E-state index in [0.29, 0.717) is 12.4 Å². The first-order valence-corrected chi connectivity index (χ1v) is 10.5. The molecule has 0 spiro atoms. The number of rotatable bonds is 8. The minimum Gasteiger partial charge on any atom is -0.489 e. The van der Waals surface area contributed by atoms with Crippen molar-refractivity contribution < 1.29 is 29.0 Å². The van der Waals surface area contributed by atoms with Crippen molar-refractivity contribution in [1.29, 1.82) is 0 Å². The molecule has 0 bridgehead atoms. The van der Waals surface area contributed by atoms with Gasteiger partial charge in [-0.15, -0.1) is 0 Å². The fourth-order valence-corrected chi connectivity index (χ4v) is 3.71. The highest BCUT2D eigenvalue weighted by molar-refractivity contribution is 5.91. The molecular formula is C24H28N2O6. The van der Waals surface area contributed by atoms with Crippen LogP contribution in [0.3, 0.4) is 0 Å². The molecule has 1 heterocycles. The van der Waals surface area contributed by atoms with E-state index in [4.69, 9.17) is 9.47 Å². The molecular weight excluding hydrogens is 412 g/mol. The third-order valence-electron chi connectivity index (χ3n) is 5.40. The summed E-state index contributed by atoms with van der Waals surface area (Å²) in [4.78, 5) is 38.1. The number of amides is 2. The van der Waals surface area contributed by atoms with Crippen molar-refractivity contribution in [2.24, 2.45) is 0 Å². The van der Waals surface area contributed by atoms with Crippen LogP contribution in [0.5, 0.6) is 5.75 Å². The smallest absolute Gasteiger partial charge is 0.328 e. The van der Waals surface area contributed by atoms with E-state index in [1.54, 1.807) is 12.1 Å². The number of methoxy groups -OCH3 is 1. The fourth-order valence-electron chi connectivity index (χ4n) is 3.71. The average molecular weight is 440 g/mol. The summed E-state index contributed by atoms with van der Waals surface area (Å²) >= 11 is 0. The van der Waals surface area contributed by atoms with Gasteiger partial charge in [-0.3, -0.25) is 9.59 Å². The molecule has 0 unspecified atom stereocenters. The number of β-amino-alcohol motifs (C(OH)–C–C–N with tert-alkyl or cyclic N) is 1. The molecule has 1 aliphatic heterocycles. The van der Waals surface area contributed by atoms with Gasteiger partial charge in [0.1, 0.15) is 24.4 Å². The van der Waals surface area contributed by atoms with Gasteiger partial charge < -0.3 is 24.8 Å². The van der Waals surface area contributed by atoms with Gasteiger partial charge in [0.15, 0.2) is 0 Å². The largest absolute Gasteiger partial charge is 0.489 e. The second kappa shape index (κ2) is 10.8. The number of nitrogens with one attached hydrogen (secondary N) is 1. The average Bonchev–Trinajstić information content (AvgIpc) is 3.20. The number of benzene rings is 2. The summed E-state index contributed by atoms with van der Waals surface area (Å²) in [6.45, 7) is 1.89. The Morgan fingerprint density at radius 1 is 1.09 bits per heavy atom. The lowest BCUT2D eigenvalue weighted by Gasteiger charge is -2.24. The monoisotopic (exact) mass is 440 g/mol. The first-order valence-electron chi connectivity index (χ1n) is 10.5. The molecule has 0 saturated carbocycles. The zero-order valence-corrected chi connectivity index (χ0v) is 18.2. The summed E-state index contributed by atoms with van der Waals surface area (Å²) in [5, 5.41) is 12.5. The van der Waals surface area contributed by atoms with Crippen LogP contribution >= 0.6 is 0 Å². The molecule has 1 aliphatic rings. The standard InChI is InChI=1S/C24H28N2O6/c1-16(27)26-14-19(28)13-22(26)23(29)25-21(24(30)31-2)12-17-8-10-20(11-9-17)32-15-18-6-4-3-5-7-18/h3-11,19,21-22,28H,12-15H2,1-2H3,(H,25,29)/t19-,21-,22+/m1/s1. The molecule has 0 aromatic heterocycles. The predicted octanol–water partition coefficient (Wildman–Crippen LogP) is 1.45. The maximum atomic E-state index is 12.8. The highest BCUT2D eigenvalue weighted by atomic mass is 16.5. The Balaban J connectivity index is 1.62. The molecule has 1 fully saturated rings. The van der Waals surface area contributed by atoms with Gasteiger partial charge in [0.2, 0.25) is 11.8 Å². The topological polar surface area (TPSA) is 105 Å². The van der Waals surface area contributed by atoms with Gasteiger partial charge in [-0.25, -0.2) is 4.79 Å². The zero-order valence-electron chi connectivity index (χ0n) is 18.2. The highest BCUT2D eigenvalue weighted by Crippen LogP contribution is 2.19. The Hall–Kier alpha value is -3.39. The lowest BCUT2D eigenvalue weighted by molar-refractivity contribution is -0.146. The molecule has 0 radical (unpaired) electrons. The number of hydrogen-bond donors (Lipinski definition) is 2. The number of carbonyl (C=O) groups excluding carboxylic acids is 3. The van der Waals surface area contributed by atoms with Crippen LogP contribution in [-0.4, -0.2) is 59.6 Å². The van der Waals surface area contributed by atoms with Crippen molar-refractivity contribution in [3.8, 4) is 5.75 Å². The Bertz CT molecular complexity index is 931. The molecule has 8 heteroatoms. The maximum absolute atomic E-state index is 12.8. The molecule has 3 atom stereocenters. The van der Waals surface area contributed by atoms with Gasteiger partial charge in [0.05, 0.1) is 13.2 Å². The van der Waals surface area contributed by atoms with Crippen LogP contribution in [-0.2, 0) is 32.1 Å². The molecule has 3 rings (SSSR count). The summed E-state index contributed by atoms with van der Waals surface area (Å²) in [7, 11) is 1.25. The number of esters is 1. The summed E-state index contributed by atoms with van der Waals surface area (Å²) < 4.78 is 10.6. The lowest BCUT2D eigenvalue weighted by Crippen LogP contribution is -2.51. The number of aliphatic hydroxyl groups excluding tert-OH is 1. The fraction of sp³-hybridized carbons (Fsp3) is 0.375. The molecule has 8 nitrogen and oxygen atoms in total. The van der Waals surface area contributed by atoms with Gasteiger partial charge in [0, 0.05) is 26.3 Å². The van der Waals surface area contributed by atoms with Crippen LogP contribution in [0.4, 0.5) is 0 Å². The van der Waals surface area contributed by atoms with Crippen LogP contribution in [0.2, 0.25) is 0 Å². The van der Waals surface area contributed by atoms with Crippen LogP contribution in [0, 0.1) is 0 Å². The Labute approximate surface area is 187 Å². The van der Waals surface area contributed by atoms with Crippen LogP contribution in [0.25, 0.3) is 0 Å². The summed E-state index contributed by atoms with van der Waals surface area (Å²) in [6, 6.07) is 15.3. The van der Waals surface area contributed by atoms with Gasteiger partial charge in [-0.2, -0.15) is 0 Å². The third kappa shape index (κ3) is 6.07. The predicted molar refractivity (Wildman–Crippen MR) is 117 cm³/mol. The van der Waals surface area contributed by atoms with E-state index in [1.807, 2.05) is 42.5 Å². The minimum atomic E-state index is -0.921. The van der Waals surface area contributed by atoms with Crippen LogP contribution < -0.4 is 10.1 Å². The molecule has 2 aromatic carbocycles. The summed E-state index contributed by atoms with van der Waals surface area (Å²) in [6.07, 6.45) is -0.422. The normalized spacial score (nSPS) is 18.7. The van der Waals surface area contributed by atoms with Gasteiger partial charge in [-0.05, 0) is 23.3 Å². The first kappa shape index (κ1) is 23.3. The number of hydrogen-bond acceptors (Lipinski definition) is 6. The van der Waals surface area contributed by atoms with E-state index in [2.05, 4.69) is 5.32 Å². The molecule has 2 aromatic rings. The van der Waals surface area contributed by atoms with Gasteiger partial charge in [-0.1, -0.05) is 42.5 Å². The first-order chi connectivity index (χ1) is 15.4. The van der Waals surface area contributed by atoms with Crippen LogP contribution in [0.15, 0.2) is 54.6 Å². The summed E-state index contributed by atoms with van der Waals surface area (Å²) in [5.74, 6) is -0.693. The van der Waals surface area contributed by atoms with Crippen molar-refractivity contribution >= 4 is 17.8 Å². The quantitative estimate of drug-likeness (QED) is 0.602. The SMILES string of the molecule is COC(=O)[C@@H](Cc1ccc(OCc2ccccc2)cc1)NC(=O)[C@@H]1C[C@@H](O)CN1C(C)=O. The molecule has 2 N–H and O–H groups in total. The van der Waals surface area contributed by atoms with E-state index in [0.717, 1.165) is 11.1 Å². The molecule has 32 heavy (non-hydrogen) atoms. The van der Waals surface area contributed by atoms with Gasteiger partial charge >= 0.3 is 5.97 Å². The second-order valence-electron chi connectivity index (χ2n) is 7.78. The highest BCUT2D eigenvalue weighted by Gasteiger charge is 2.38. The van der Waals surface area contributed by atoms with Crippen molar-refractivity contribution in [3.63, 3.8) is 0 Å². The number of nitrogens with zero attached hydrogens (tertiary/aromatic N) is 1. The number of aliphatic hydroxyl groups is 1. The van der Waals surface area contributed by atoms with E-state index in [9.17, 15) is 19.5 Å². The van der Waals surface area contributed by atoms with Crippen LogP contribution in [0.1, 0.15) is 24.5 Å².